The molecule has 0 radical (unpaired) electrons. The molecule has 1 fully saturated rings. The van der Waals surface area contributed by atoms with Gasteiger partial charge in [0.1, 0.15) is 5.75 Å². The van der Waals surface area contributed by atoms with Gasteiger partial charge >= 0.3 is 6.03 Å². The summed E-state index contributed by atoms with van der Waals surface area (Å²) in [5.41, 5.74) is 2.32. The van der Waals surface area contributed by atoms with E-state index < -0.39 is 0 Å². The first-order chi connectivity index (χ1) is 13.2. The highest BCUT2D eigenvalue weighted by Gasteiger charge is 2.27. The quantitative estimate of drug-likeness (QED) is 0.854. The van der Waals surface area contributed by atoms with Crippen LogP contribution in [0.1, 0.15) is 28.8 Å². The maximum atomic E-state index is 12.7. The Morgan fingerprint density at radius 3 is 3.04 bits per heavy atom. The van der Waals surface area contributed by atoms with Gasteiger partial charge in [0, 0.05) is 36.6 Å². The SMILES string of the molecule is COc1cccc2c1CN(C(=O)NCC1CCCN(Cc3cccs3)C1)C2. The van der Waals surface area contributed by atoms with Crippen molar-refractivity contribution in [2.45, 2.75) is 32.5 Å². The van der Waals surface area contributed by atoms with Crippen LogP contribution in [-0.2, 0) is 19.6 Å². The summed E-state index contributed by atoms with van der Waals surface area (Å²) in [5, 5.41) is 5.31. The number of methoxy groups -OCH3 is 1. The third kappa shape index (κ3) is 4.28. The fraction of sp³-hybridized carbons (Fsp3) is 0.476. The van der Waals surface area contributed by atoms with Gasteiger partial charge < -0.3 is 15.0 Å². The minimum atomic E-state index is 0.0311. The molecule has 0 saturated carbocycles. The number of urea groups is 1. The summed E-state index contributed by atoms with van der Waals surface area (Å²) in [6, 6.07) is 10.4. The van der Waals surface area contributed by atoms with Gasteiger partial charge in [0.15, 0.2) is 0 Å². The van der Waals surface area contributed by atoms with Gasteiger partial charge in [-0.25, -0.2) is 4.79 Å². The Kier molecular flexibility index (Phi) is 5.64. The predicted octanol–water partition coefficient (Wildman–Crippen LogP) is 3.69. The van der Waals surface area contributed by atoms with Crippen LogP contribution in [0.4, 0.5) is 4.79 Å². The first kappa shape index (κ1) is 18.3. The molecule has 3 heterocycles. The molecule has 1 N–H and O–H groups in total. The summed E-state index contributed by atoms with van der Waals surface area (Å²) in [7, 11) is 1.68. The molecule has 0 spiro atoms. The Hall–Kier alpha value is -2.05. The number of fused-ring (bicyclic) bond motifs is 1. The molecule has 2 aromatic rings. The average molecular weight is 386 g/mol. The second kappa shape index (κ2) is 8.31. The molecule has 1 unspecified atom stereocenters. The summed E-state index contributed by atoms with van der Waals surface area (Å²) < 4.78 is 5.43. The zero-order valence-electron chi connectivity index (χ0n) is 15.8. The van der Waals surface area contributed by atoms with Crippen molar-refractivity contribution in [2.75, 3.05) is 26.7 Å². The lowest BCUT2D eigenvalue weighted by atomic mass is 9.98. The number of amides is 2. The van der Waals surface area contributed by atoms with Crippen molar-refractivity contribution >= 4 is 17.4 Å². The number of rotatable bonds is 5. The van der Waals surface area contributed by atoms with E-state index in [9.17, 15) is 4.79 Å². The van der Waals surface area contributed by atoms with Crippen LogP contribution in [0.15, 0.2) is 35.7 Å². The molecular weight excluding hydrogens is 358 g/mol. The van der Waals surface area contributed by atoms with Gasteiger partial charge in [-0.3, -0.25) is 4.90 Å². The number of nitrogens with zero attached hydrogens (tertiary/aromatic N) is 2. The number of carbonyl (C=O) groups is 1. The van der Waals surface area contributed by atoms with E-state index in [0.29, 0.717) is 19.0 Å². The van der Waals surface area contributed by atoms with Gasteiger partial charge in [-0.1, -0.05) is 18.2 Å². The highest BCUT2D eigenvalue weighted by molar-refractivity contribution is 7.09. The largest absolute Gasteiger partial charge is 0.496 e. The molecule has 1 aromatic carbocycles. The van der Waals surface area contributed by atoms with Crippen LogP contribution < -0.4 is 10.1 Å². The van der Waals surface area contributed by atoms with Crippen LogP contribution in [0, 0.1) is 5.92 Å². The summed E-state index contributed by atoms with van der Waals surface area (Å²) in [5.74, 6) is 1.40. The van der Waals surface area contributed by atoms with Gasteiger partial charge in [0.05, 0.1) is 13.7 Å². The number of benzene rings is 1. The first-order valence-electron chi connectivity index (χ1n) is 9.65. The Bertz CT molecular complexity index is 778. The molecule has 1 aromatic heterocycles. The van der Waals surface area contributed by atoms with Crippen LogP contribution in [-0.4, -0.2) is 42.6 Å². The second-order valence-corrected chi connectivity index (χ2v) is 8.50. The number of likely N-dealkylation sites (tertiary alicyclic amines) is 1. The topological polar surface area (TPSA) is 44.8 Å². The number of carbonyl (C=O) groups excluding carboxylic acids is 1. The maximum Gasteiger partial charge on any atom is 0.318 e. The zero-order chi connectivity index (χ0) is 18.6. The van der Waals surface area contributed by atoms with E-state index in [1.54, 1.807) is 7.11 Å². The van der Waals surface area contributed by atoms with Crippen molar-refractivity contribution in [1.82, 2.24) is 15.1 Å². The summed E-state index contributed by atoms with van der Waals surface area (Å²) in [6.45, 7) is 5.29. The van der Waals surface area contributed by atoms with Gasteiger partial charge in [0.25, 0.3) is 0 Å². The monoisotopic (exact) mass is 385 g/mol. The summed E-state index contributed by atoms with van der Waals surface area (Å²) in [6.07, 6.45) is 2.40. The minimum Gasteiger partial charge on any atom is -0.496 e. The van der Waals surface area contributed by atoms with Gasteiger partial charge in [-0.05, 0) is 48.4 Å². The van der Waals surface area contributed by atoms with E-state index in [2.05, 4.69) is 33.8 Å². The number of ether oxygens (including phenoxy) is 1. The summed E-state index contributed by atoms with van der Waals surface area (Å²) >= 11 is 1.82. The van der Waals surface area contributed by atoms with Crippen LogP contribution in [0.25, 0.3) is 0 Å². The molecule has 1 saturated heterocycles. The van der Waals surface area contributed by atoms with E-state index >= 15 is 0 Å². The second-order valence-electron chi connectivity index (χ2n) is 7.46. The van der Waals surface area contributed by atoms with Crippen molar-refractivity contribution in [3.63, 3.8) is 0 Å². The van der Waals surface area contributed by atoms with E-state index in [1.807, 2.05) is 28.4 Å². The van der Waals surface area contributed by atoms with Gasteiger partial charge in [-0.15, -0.1) is 11.3 Å². The predicted molar refractivity (Wildman–Crippen MR) is 108 cm³/mol. The van der Waals surface area contributed by atoms with Crippen LogP contribution in [0.5, 0.6) is 5.75 Å². The maximum absolute atomic E-state index is 12.7. The fourth-order valence-corrected chi connectivity index (χ4v) is 4.90. The van der Waals surface area contributed by atoms with Crippen molar-refractivity contribution in [1.29, 1.82) is 0 Å². The molecule has 2 amide bonds. The Morgan fingerprint density at radius 1 is 1.30 bits per heavy atom. The molecule has 4 rings (SSSR count). The molecule has 144 valence electrons. The Balaban J connectivity index is 1.27. The van der Waals surface area contributed by atoms with Crippen molar-refractivity contribution < 1.29 is 9.53 Å². The first-order valence-corrected chi connectivity index (χ1v) is 10.5. The highest BCUT2D eigenvalue weighted by Crippen LogP contribution is 2.30. The molecule has 27 heavy (non-hydrogen) atoms. The molecule has 0 aliphatic carbocycles. The number of nitrogens with one attached hydrogen (secondary N) is 1. The van der Waals surface area contributed by atoms with Crippen LogP contribution >= 0.6 is 11.3 Å². The molecule has 2 aliphatic heterocycles. The minimum absolute atomic E-state index is 0.0311. The highest BCUT2D eigenvalue weighted by atomic mass is 32.1. The van der Waals surface area contributed by atoms with E-state index in [-0.39, 0.29) is 6.03 Å². The van der Waals surface area contributed by atoms with Crippen LogP contribution in [0.3, 0.4) is 0 Å². The van der Waals surface area contributed by atoms with Crippen molar-refractivity contribution in [2.24, 2.45) is 5.92 Å². The fourth-order valence-electron chi connectivity index (χ4n) is 4.15. The number of hydrogen-bond donors (Lipinski definition) is 1. The van der Waals surface area contributed by atoms with Gasteiger partial charge in [0.2, 0.25) is 0 Å². The average Bonchev–Trinajstić information content (AvgIpc) is 3.35. The van der Waals surface area contributed by atoms with E-state index in [1.165, 1.54) is 23.3 Å². The number of hydrogen-bond acceptors (Lipinski definition) is 4. The third-order valence-electron chi connectivity index (χ3n) is 5.55. The lowest BCUT2D eigenvalue weighted by Crippen LogP contribution is -2.43. The van der Waals surface area contributed by atoms with Crippen LogP contribution in [0.2, 0.25) is 0 Å². The van der Waals surface area contributed by atoms with Crippen molar-refractivity contribution in [3.8, 4) is 5.75 Å². The van der Waals surface area contributed by atoms with Gasteiger partial charge in [-0.2, -0.15) is 0 Å². The molecule has 0 bridgehead atoms. The standard InChI is InChI=1S/C21H27N3O2S/c1-26-20-8-2-6-17-13-24(15-19(17)20)21(25)22-11-16-5-3-9-23(12-16)14-18-7-4-10-27-18/h2,4,6-8,10,16H,3,5,9,11-15H2,1H3,(H,22,25). The smallest absolute Gasteiger partial charge is 0.318 e. The van der Waals surface area contributed by atoms with E-state index in [0.717, 1.165) is 37.5 Å². The molecule has 1 atom stereocenters. The molecule has 2 aliphatic rings. The van der Waals surface area contributed by atoms with E-state index in [4.69, 9.17) is 4.74 Å². The lowest BCUT2D eigenvalue weighted by Gasteiger charge is -2.32. The third-order valence-corrected chi connectivity index (χ3v) is 6.41. The van der Waals surface area contributed by atoms with Crippen molar-refractivity contribution in [3.05, 3.63) is 51.7 Å². The number of thiophene rings is 1. The number of piperidine rings is 1. The Morgan fingerprint density at radius 2 is 2.22 bits per heavy atom. The normalized spacial score (nSPS) is 19.7. The molecule has 5 nitrogen and oxygen atoms in total. The molecular formula is C21H27N3O2S. The lowest BCUT2D eigenvalue weighted by molar-refractivity contribution is 0.160. The zero-order valence-corrected chi connectivity index (χ0v) is 16.6. The summed E-state index contributed by atoms with van der Waals surface area (Å²) in [4.78, 5) is 18.5. The molecule has 6 heteroatoms. The Labute approximate surface area is 164 Å².